The first-order chi connectivity index (χ1) is 11.1. The van der Waals surface area contributed by atoms with Gasteiger partial charge in [-0.25, -0.2) is 4.79 Å². The van der Waals surface area contributed by atoms with Gasteiger partial charge in [0, 0.05) is 12.0 Å². The van der Waals surface area contributed by atoms with Crippen LogP contribution in [0.15, 0.2) is 54.6 Å². The molecule has 0 unspecified atom stereocenters. The fourth-order valence-corrected chi connectivity index (χ4v) is 2.13. The number of aromatic hydroxyl groups is 1. The number of phenols is 1. The van der Waals surface area contributed by atoms with Crippen LogP contribution < -0.4 is 5.32 Å². The molecule has 0 saturated carbocycles. The minimum absolute atomic E-state index is 0.148. The van der Waals surface area contributed by atoms with E-state index in [4.69, 9.17) is 4.74 Å². The molecule has 0 bridgehead atoms. The van der Waals surface area contributed by atoms with Gasteiger partial charge in [0.15, 0.2) is 0 Å². The molecule has 0 fully saturated rings. The topological polar surface area (TPSA) is 75.6 Å². The van der Waals surface area contributed by atoms with Gasteiger partial charge in [0.25, 0.3) is 5.91 Å². The molecular formula is C18H19NO4. The number of rotatable bonds is 6. The Morgan fingerprint density at radius 3 is 2.35 bits per heavy atom. The van der Waals surface area contributed by atoms with Crippen LogP contribution >= 0.6 is 0 Å². The first kappa shape index (κ1) is 16.5. The number of carbonyl (C=O) groups excluding carboxylic acids is 2. The van der Waals surface area contributed by atoms with Crippen LogP contribution in [0.1, 0.15) is 22.8 Å². The summed E-state index contributed by atoms with van der Waals surface area (Å²) in [5.74, 6) is -0.665. The SMILES string of the molecule is CCOC(=O)[C@@H](Cc1ccc(O)cc1)NC(=O)c1ccccc1. The predicted octanol–water partition coefficient (Wildman–Crippen LogP) is 2.30. The van der Waals surface area contributed by atoms with Gasteiger partial charge >= 0.3 is 5.97 Å². The van der Waals surface area contributed by atoms with Crippen molar-refractivity contribution in [2.24, 2.45) is 0 Å². The molecule has 0 heterocycles. The third-order valence-electron chi connectivity index (χ3n) is 3.29. The van der Waals surface area contributed by atoms with Crippen molar-refractivity contribution in [2.45, 2.75) is 19.4 Å². The van der Waals surface area contributed by atoms with Crippen molar-refractivity contribution < 1.29 is 19.4 Å². The lowest BCUT2D eigenvalue weighted by molar-refractivity contribution is -0.145. The lowest BCUT2D eigenvalue weighted by Crippen LogP contribution is -2.43. The van der Waals surface area contributed by atoms with Crippen molar-refractivity contribution in [1.29, 1.82) is 0 Å². The average molecular weight is 313 g/mol. The second-order valence-corrected chi connectivity index (χ2v) is 5.01. The largest absolute Gasteiger partial charge is 0.508 e. The molecular weight excluding hydrogens is 294 g/mol. The molecule has 23 heavy (non-hydrogen) atoms. The molecule has 0 spiro atoms. The Balaban J connectivity index is 2.12. The summed E-state index contributed by atoms with van der Waals surface area (Å²) >= 11 is 0. The van der Waals surface area contributed by atoms with Gasteiger partial charge in [0.1, 0.15) is 11.8 Å². The van der Waals surface area contributed by atoms with Gasteiger partial charge in [-0.15, -0.1) is 0 Å². The Kier molecular flexibility index (Phi) is 5.74. The fourth-order valence-electron chi connectivity index (χ4n) is 2.13. The van der Waals surface area contributed by atoms with Gasteiger partial charge in [-0.2, -0.15) is 0 Å². The molecule has 5 nitrogen and oxygen atoms in total. The van der Waals surface area contributed by atoms with E-state index in [0.717, 1.165) is 5.56 Å². The number of ether oxygens (including phenoxy) is 1. The number of phenolic OH excluding ortho intramolecular Hbond substituents is 1. The van der Waals surface area contributed by atoms with Crippen molar-refractivity contribution in [3.63, 3.8) is 0 Å². The third-order valence-corrected chi connectivity index (χ3v) is 3.29. The molecule has 120 valence electrons. The molecule has 1 atom stereocenters. The maximum atomic E-state index is 12.2. The highest BCUT2D eigenvalue weighted by atomic mass is 16.5. The van der Waals surface area contributed by atoms with E-state index < -0.39 is 12.0 Å². The summed E-state index contributed by atoms with van der Waals surface area (Å²) < 4.78 is 5.03. The van der Waals surface area contributed by atoms with E-state index in [1.807, 2.05) is 6.07 Å². The second-order valence-electron chi connectivity index (χ2n) is 5.01. The predicted molar refractivity (Wildman–Crippen MR) is 86.1 cm³/mol. The van der Waals surface area contributed by atoms with E-state index in [-0.39, 0.29) is 24.7 Å². The van der Waals surface area contributed by atoms with Gasteiger partial charge < -0.3 is 15.2 Å². The summed E-state index contributed by atoms with van der Waals surface area (Å²) in [4.78, 5) is 24.3. The lowest BCUT2D eigenvalue weighted by Gasteiger charge is -2.17. The van der Waals surface area contributed by atoms with Crippen LogP contribution in [0.25, 0.3) is 0 Å². The molecule has 0 aliphatic carbocycles. The lowest BCUT2D eigenvalue weighted by atomic mass is 10.1. The van der Waals surface area contributed by atoms with Crippen molar-refractivity contribution in [3.05, 3.63) is 65.7 Å². The van der Waals surface area contributed by atoms with E-state index in [9.17, 15) is 14.7 Å². The molecule has 1 amide bonds. The Bertz CT molecular complexity index is 652. The maximum absolute atomic E-state index is 12.2. The number of hydrogen-bond acceptors (Lipinski definition) is 4. The molecule has 2 aromatic rings. The second kappa shape index (κ2) is 7.98. The van der Waals surface area contributed by atoms with Crippen molar-refractivity contribution in [2.75, 3.05) is 6.61 Å². The Morgan fingerprint density at radius 2 is 1.74 bits per heavy atom. The van der Waals surface area contributed by atoms with Crippen LogP contribution in [0.3, 0.4) is 0 Å². The average Bonchev–Trinajstić information content (AvgIpc) is 2.57. The molecule has 0 aliphatic heterocycles. The number of amides is 1. The summed E-state index contributed by atoms with van der Waals surface area (Å²) in [7, 11) is 0. The van der Waals surface area contributed by atoms with Crippen LogP contribution in [0.2, 0.25) is 0 Å². The molecule has 5 heteroatoms. The zero-order valence-corrected chi connectivity index (χ0v) is 12.9. The molecule has 0 aliphatic rings. The van der Waals surface area contributed by atoms with Gasteiger partial charge in [0.05, 0.1) is 6.61 Å². The maximum Gasteiger partial charge on any atom is 0.328 e. The van der Waals surface area contributed by atoms with Crippen molar-refractivity contribution in [1.82, 2.24) is 5.32 Å². The third kappa shape index (κ3) is 4.85. The Hall–Kier alpha value is -2.82. The standard InChI is InChI=1S/C18H19NO4/c1-2-23-18(22)16(12-13-8-10-15(20)11-9-13)19-17(21)14-6-4-3-5-7-14/h3-11,16,20H,2,12H2,1H3,(H,19,21)/t16-/m1/s1. The number of esters is 1. The summed E-state index contributed by atoms with van der Waals surface area (Å²) in [6.45, 7) is 1.96. The highest BCUT2D eigenvalue weighted by molar-refractivity contribution is 5.96. The zero-order chi connectivity index (χ0) is 16.7. The number of benzene rings is 2. The van der Waals surface area contributed by atoms with Crippen molar-refractivity contribution in [3.8, 4) is 5.75 Å². The van der Waals surface area contributed by atoms with Crippen LogP contribution in [0, 0.1) is 0 Å². The number of hydrogen-bond donors (Lipinski definition) is 2. The minimum atomic E-state index is -0.785. The summed E-state index contributed by atoms with van der Waals surface area (Å²) in [6.07, 6.45) is 0.289. The summed E-state index contributed by atoms with van der Waals surface area (Å²) in [6, 6.07) is 14.4. The van der Waals surface area contributed by atoms with Gasteiger partial charge in [-0.3, -0.25) is 4.79 Å². The minimum Gasteiger partial charge on any atom is -0.508 e. The van der Waals surface area contributed by atoms with Crippen LogP contribution in [-0.2, 0) is 16.0 Å². The van der Waals surface area contributed by atoms with Gasteiger partial charge in [-0.05, 0) is 36.8 Å². The Labute approximate surface area is 134 Å². The van der Waals surface area contributed by atoms with Crippen molar-refractivity contribution >= 4 is 11.9 Å². The fraction of sp³-hybridized carbons (Fsp3) is 0.222. The van der Waals surface area contributed by atoms with Gasteiger partial charge in [0.2, 0.25) is 0 Å². The van der Waals surface area contributed by atoms with Gasteiger partial charge in [-0.1, -0.05) is 30.3 Å². The zero-order valence-electron chi connectivity index (χ0n) is 12.9. The first-order valence-electron chi connectivity index (χ1n) is 7.40. The normalized spacial score (nSPS) is 11.5. The van der Waals surface area contributed by atoms with E-state index in [2.05, 4.69) is 5.32 Å². The van der Waals surface area contributed by atoms with E-state index >= 15 is 0 Å². The molecule has 0 saturated heterocycles. The molecule has 2 N–H and O–H groups in total. The van der Waals surface area contributed by atoms with E-state index in [1.54, 1.807) is 43.3 Å². The summed E-state index contributed by atoms with van der Waals surface area (Å²) in [5, 5.41) is 12.0. The van der Waals surface area contributed by atoms with Crippen LogP contribution in [0.5, 0.6) is 5.75 Å². The molecule has 2 aromatic carbocycles. The van der Waals surface area contributed by atoms with E-state index in [1.165, 1.54) is 12.1 Å². The first-order valence-corrected chi connectivity index (χ1v) is 7.40. The summed E-state index contributed by atoms with van der Waals surface area (Å²) in [5.41, 5.74) is 1.29. The highest BCUT2D eigenvalue weighted by Gasteiger charge is 2.23. The smallest absolute Gasteiger partial charge is 0.328 e. The number of nitrogens with one attached hydrogen (secondary N) is 1. The molecule has 0 aromatic heterocycles. The van der Waals surface area contributed by atoms with Crippen LogP contribution in [-0.4, -0.2) is 29.6 Å². The number of carbonyl (C=O) groups is 2. The quantitative estimate of drug-likeness (QED) is 0.802. The van der Waals surface area contributed by atoms with E-state index in [0.29, 0.717) is 5.56 Å². The highest BCUT2D eigenvalue weighted by Crippen LogP contribution is 2.12. The van der Waals surface area contributed by atoms with Crippen LogP contribution in [0.4, 0.5) is 0 Å². The Morgan fingerprint density at radius 1 is 1.09 bits per heavy atom. The molecule has 0 radical (unpaired) electrons. The monoisotopic (exact) mass is 313 g/mol. The molecule has 2 rings (SSSR count).